The lowest BCUT2D eigenvalue weighted by Crippen LogP contribution is -2.29. The van der Waals surface area contributed by atoms with Crippen LogP contribution in [0.4, 0.5) is 5.69 Å². The van der Waals surface area contributed by atoms with Gasteiger partial charge in [-0.3, -0.25) is 4.98 Å². The number of halogens is 1. The number of rotatable bonds is 4. The standard InChI is InChI=1S/C27H25BrN4S/c1-17-7-11-22(12-8-17)32-26(25(30-27(32)33)24-6-4-5-15-29-24)23-16-18(2)31(19(23)3)21-13-9-20(28)10-14-21/h4-16,25-26H,1-3H3,(H,30,33)/t25-,26-/m1/s1. The maximum Gasteiger partial charge on any atom is 0.174 e. The van der Waals surface area contributed by atoms with Gasteiger partial charge in [0.05, 0.1) is 17.8 Å². The van der Waals surface area contributed by atoms with E-state index in [0.29, 0.717) is 5.11 Å². The fourth-order valence-corrected chi connectivity index (χ4v) is 5.34. The van der Waals surface area contributed by atoms with E-state index < -0.39 is 0 Å². The summed E-state index contributed by atoms with van der Waals surface area (Å²) < 4.78 is 3.38. The van der Waals surface area contributed by atoms with Crippen molar-refractivity contribution in [2.75, 3.05) is 4.90 Å². The van der Waals surface area contributed by atoms with Gasteiger partial charge in [-0.2, -0.15) is 0 Å². The Kier molecular flexibility index (Phi) is 5.81. The summed E-state index contributed by atoms with van der Waals surface area (Å²) in [6.07, 6.45) is 1.84. The second-order valence-electron chi connectivity index (χ2n) is 8.47. The van der Waals surface area contributed by atoms with Gasteiger partial charge < -0.3 is 14.8 Å². The monoisotopic (exact) mass is 516 g/mol. The van der Waals surface area contributed by atoms with Gasteiger partial charge in [-0.25, -0.2) is 0 Å². The molecule has 3 heterocycles. The number of pyridine rings is 1. The van der Waals surface area contributed by atoms with Crippen LogP contribution in [0, 0.1) is 20.8 Å². The van der Waals surface area contributed by atoms with Crippen molar-refractivity contribution in [3.05, 3.63) is 112 Å². The average molecular weight is 517 g/mol. The molecule has 0 bridgehead atoms. The van der Waals surface area contributed by atoms with Gasteiger partial charge in [-0.1, -0.05) is 39.7 Å². The molecule has 6 heteroatoms. The summed E-state index contributed by atoms with van der Waals surface area (Å²) in [5.74, 6) is 0. The van der Waals surface area contributed by atoms with Gasteiger partial charge in [-0.05, 0) is 93.1 Å². The Morgan fingerprint density at radius 1 is 0.909 bits per heavy atom. The maximum absolute atomic E-state index is 5.88. The van der Waals surface area contributed by atoms with E-state index >= 15 is 0 Å². The van der Waals surface area contributed by atoms with Crippen molar-refractivity contribution in [2.45, 2.75) is 32.9 Å². The summed E-state index contributed by atoms with van der Waals surface area (Å²) in [5, 5.41) is 4.28. The van der Waals surface area contributed by atoms with Crippen LogP contribution in [0.1, 0.15) is 40.3 Å². The zero-order chi connectivity index (χ0) is 23.1. The first-order valence-corrected chi connectivity index (χ1v) is 12.2. The van der Waals surface area contributed by atoms with E-state index in [0.717, 1.165) is 21.5 Å². The van der Waals surface area contributed by atoms with Crippen LogP contribution in [0.2, 0.25) is 0 Å². The van der Waals surface area contributed by atoms with E-state index in [1.165, 1.54) is 22.5 Å². The van der Waals surface area contributed by atoms with E-state index in [9.17, 15) is 0 Å². The number of hydrogen-bond acceptors (Lipinski definition) is 2. The molecule has 0 radical (unpaired) electrons. The molecule has 4 aromatic rings. The van der Waals surface area contributed by atoms with Crippen molar-refractivity contribution in [2.24, 2.45) is 0 Å². The number of nitrogens with one attached hydrogen (secondary N) is 1. The lowest BCUT2D eigenvalue weighted by Gasteiger charge is -2.28. The average Bonchev–Trinajstić information content (AvgIpc) is 3.31. The molecule has 2 aromatic carbocycles. The van der Waals surface area contributed by atoms with Crippen LogP contribution in [0.15, 0.2) is 83.5 Å². The zero-order valence-electron chi connectivity index (χ0n) is 18.8. The highest BCUT2D eigenvalue weighted by Crippen LogP contribution is 2.43. The van der Waals surface area contributed by atoms with Crippen molar-refractivity contribution in [3.8, 4) is 5.69 Å². The summed E-state index contributed by atoms with van der Waals surface area (Å²) in [6.45, 7) is 6.45. The van der Waals surface area contributed by atoms with Crippen LogP contribution in [0.5, 0.6) is 0 Å². The fraction of sp³-hybridized carbons (Fsp3) is 0.185. The summed E-state index contributed by atoms with van der Waals surface area (Å²) in [5.41, 5.74) is 8.05. The van der Waals surface area contributed by atoms with Gasteiger partial charge in [0.15, 0.2) is 5.11 Å². The zero-order valence-corrected chi connectivity index (χ0v) is 21.2. The van der Waals surface area contributed by atoms with Gasteiger partial charge in [0, 0.05) is 33.4 Å². The third kappa shape index (κ3) is 3.98. The minimum absolute atomic E-state index is 0.0227. The minimum atomic E-state index is -0.0566. The van der Waals surface area contributed by atoms with Crippen molar-refractivity contribution < 1.29 is 0 Å². The second-order valence-corrected chi connectivity index (χ2v) is 9.77. The van der Waals surface area contributed by atoms with Gasteiger partial charge in [0.1, 0.15) is 0 Å². The van der Waals surface area contributed by atoms with E-state index in [1.54, 1.807) is 0 Å². The number of aryl methyl sites for hydroxylation is 2. The smallest absolute Gasteiger partial charge is 0.174 e. The molecule has 166 valence electrons. The van der Waals surface area contributed by atoms with E-state index in [4.69, 9.17) is 12.2 Å². The predicted molar refractivity (Wildman–Crippen MR) is 142 cm³/mol. The van der Waals surface area contributed by atoms with Crippen LogP contribution in [-0.2, 0) is 0 Å². The largest absolute Gasteiger partial charge is 0.351 e. The van der Waals surface area contributed by atoms with Crippen molar-refractivity contribution >= 4 is 38.9 Å². The molecule has 1 fully saturated rings. The fourth-order valence-electron chi connectivity index (χ4n) is 4.73. The van der Waals surface area contributed by atoms with Gasteiger partial charge in [0.25, 0.3) is 0 Å². The van der Waals surface area contributed by atoms with Crippen molar-refractivity contribution in [3.63, 3.8) is 0 Å². The molecule has 1 saturated heterocycles. The molecule has 1 aliphatic rings. The molecule has 0 amide bonds. The van der Waals surface area contributed by atoms with Crippen LogP contribution >= 0.6 is 28.1 Å². The summed E-state index contributed by atoms with van der Waals surface area (Å²) in [6, 6.07) is 25.2. The minimum Gasteiger partial charge on any atom is -0.351 e. The highest BCUT2D eigenvalue weighted by molar-refractivity contribution is 9.10. The molecule has 4 nitrogen and oxygen atoms in total. The number of benzene rings is 2. The third-order valence-corrected chi connectivity index (χ3v) is 7.13. The molecule has 0 unspecified atom stereocenters. The summed E-state index contributed by atoms with van der Waals surface area (Å²) in [7, 11) is 0. The highest BCUT2D eigenvalue weighted by atomic mass is 79.9. The summed E-state index contributed by atoms with van der Waals surface area (Å²) >= 11 is 9.42. The quantitative estimate of drug-likeness (QED) is 0.304. The maximum atomic E-state index is 5.88. The number of anilines is 1. The first kappa shape index (κ1) is 21.9. The van der Waals surface area contributed by atoms with Crippen molar-refractivity contribution in [1.82, 2.24) is 14.9 Å². The Labute approximate surface area is 208 Å². The second kappa shape index (κ2) is 8.76. The van der Waals surface area contributed by atoms with Crippen LogP contribution in [0.25, 0.3) is 5.69 Å². The normalized spacial score (nSPS) is 17.9. The Hall–Kier alpha value is -2.96. The number of nitrogens with zero attached hydrogens (tertiary/aromatic N) is 3. The molecule has 1 aliphatic heterocycles. The summed E-state index contributed by atoms with van der Waals surface area (Å²) in [4.78, 5) is 6.92. The highest BCUT2D eigenvalue weighted by Gasteiger charge is 2.42. The van der Waals surface area contributed by atoms with Crippen LogP contribution in [0.3, 0.4) is 0 Å². The molecule has 2 atom stereocenters. The SMILES string of the molecule is Cc1ccc(N2C(=S)N[C@H](c3ccccn3)[C@H]2c2cc(C)n(-c3ccc(Br)cc3)c2C)cc1. The molecule has 0 aliphatic carbocycles. The Morgan fingerprint density at radius 2 is 1.61 bits per heavy atom. The molecule has 2 aromatic heterocycles. The molecule has 0 spiro atoms. The topological polar surface area (TPSA) is 33.1 Å². The first-order valence-electron chi connectivity index (χ1n) is 11.0. The van der Waals surface area contributed by atoms with Crippen LogP contribution in [-0.4, -0.2) is 14.7 Å². The molecule has 0 saturated carbocycles. The van der Waals surface area contributed by atoms with Crippen LogP contribution < -0.4 is 10.2 Å². The predicted octanol–water partition coefficient (Wildman–Crippen LogP) is 6.74. The number of thiocarbonyl (C=S) groups is 1. The lowest BCUT2D eigenvalue weighted by molar-refractivity contribution is 0.565. The molecular formula is C27H25BrN4S. The van der Waals surface area contributed by atoms with Gasteiger partial charge >= 0.3 is 0 Å². The molecule has 5 rings (SSSR count). The van der Waals surface area contributed by atoms with E-state index in [1.807, 2.05) is 18.3 Å². The third-order valence-electron chi connectivity index (χ3n) is 6.28. The van der Waals surface area contributed by atoms with E-state index in [-0.39, 0.29) is 12.1 Å². The first-order chi connectivity index (χ1) is 15.9. The van der Waals surface area contributed by atoms with Gasteiger partial charge in [0.2, 0.25) is 0 Å². The lowest BCUT2D eigenvalue weighted by atomic mass is 9.96. The number of aromatic nitrogens is 2. The molecule has 1 N–H and O–H groups in total. The molecular weight excluding hydrogens is 492 g/mol. The Bertz CT molecular complexity index is 1300. The van der Waals surface area contributed by atoms with Crippen molar-refractivity contribution in [1.29, 1.82) is 0 Å². The van der Waals surface area contributed by atoms with Gasteiger partial charge in [-0.15, -0.1) is 0 Å². The Morgan fingerprint density at radius 3 is 2.27 bits per heavy atom. The number of hydrogen-bond donors (Lipinski definition) is 1. The van der Waals surface area contributed by atoms with E-state index in [2.05, 4.69) is 117 Å². The Balaban J connectivity index is 1.67. The molecule has 33 heavy (non-hydrogen) atoms.